The summed E-state index contributed by atoms with van der Waals surface area (Å²) in [5.41, 5.74) is 3.80. The molecule has 0 atom stereocenters. The summed E-state index contributed by atoms with van der Waals surface area (Å²) in [5, 5.41) is 10.8. The maximum atomic E-state index is 4.59. The standard InChI is InChI=1S/C16H21N3S/c1-3-17-16(19-11-15-8-9-20-12-15)18-10-14-6-4-13(2)5-7-14/h4-9,12H,3,10-11H2,1-2H3,(H2,17,18,19). The fraction of sp³-hybridized carbons (Fsp3) is 0.312. The normalized spacial score (nSPS) is 11.4. The second kappa shape index (κ2) is 7.70. The maximum absolute atomic E-state index is 4.59. The van der Waals surface area contributed by atoms with Crippen LogP contribution in [0.5, 0.6) is 0 Å². The summed E-state index contributed by atoms with van der Waals surface area (Å²) in [6.45, 7) is 6.54. The summed E-state index contributed by atoms with van der Waals surface area (Å²) < 4.78 is 0. The van der Waals surface area contributed by atoms with Crippen LogP contribution in [0.4, 0.5) is 0 Å². The van der Waals surface area contributed by atoms with Gasteiger partial charge < -0.3 is 10.6 Å². The Morgan fingerprint density at radius 2 is 1.90 bits per heavy atom. The van der Waals surface area contributed by atoms with Gasteiger partial charge in [0.2, 0.25) is 0 Å². The number of nitrogens with one attached hydrogen (secondary N) is 2. The fourth-order valence-electron chi connectivity index (χ4n) is 1.79. The van der Waals surface area contributed by atoms with Crippen molar-refractivity contribution in [2.45, 2.75) is 26.9 Å². The first-order chi connectivity index (χ1) is 9.78. The van der Waals surface area contributed by atoms with Gasteiger partial charge in [-0.2, -0.15) is 11.3 Å². The van der Waals surface area contributed by atoms with E-state index in [0.717, 1.165) is 19.0 Å². The molecule has 0 aliphatic carbocycles. The highest BCUT2D eigenvalue weighted by molar-refractivity contribution is 7.07. The topological polar surface area (TPSA) is 36.4 Å². The van der Waals surface area contributed by atoms with Gasteiger partial charge in [-0.1, -0.05) is 29.8 Å². The Morgan fingerprint density at radius 3 is 2.55 bits per heavy atom. The molecule has 0 spiro atoms. The van der Waals surface area contributed by atoms with Crippen LogP contribution in [0.25, 0.3) is 0 Å². The number of rotatable bonds is 5. The van der Waals surface area contributed by atoms with Crippen LogP contribution in [-0.4, -0.2) is 12.5 Å². The van der Waals surface area contributed by atoms with Crippen molar-refractivity contribution in [2.75, 3.05) is 6.54 Å². The zero-order valence-electron chi connectivity index (χ0n) is 12.0. The Labute approximate surface area is 124 Å². The van der Waals surface area contributed by atoms with Crippen molar-refractivity contribution < 1.29 is 0 Å². The van der Waals surface area contributed by atoms with Crippen molar-refractivity contribution in [3.8, 4) is 0 Å². The number of hydrogen-bond donors (Lipinski definition) is 2. The Kier molecular flexibility index (Phi) is 5.62. The van der Waals surface area contributed by atoms with Gasteiger partial charge in [0, 0.05) is 13.1 Å². The van der Waals surface area contributed by atoms with E-state index in [2.05, 4.69) is 70.6 Å². The van der Waals surface area contributed by atoms with Gasteiger partial charge in [-0.15, -0.1) is 0 Å². The van der Waals surface area contributed by atoms with Crippen LogP contribution in [-0.2, 0) is 13.1 Å². The molecule has 0 aliphatic heterocycles. The lowest BCUT2D eigenvalue weighted by molar-refractivity contribution is 0.816. The molecule has 0 radical (unpaired) electrons. The average molecular weight is 287 g/mol. The van der Waals surface area contributed by atoms with Crippen molar-refractivity contribution in [1.29, 1.82) is 0 Å². The number of aliphatic imine (C=N–C) groups is 1. The summed E-state index contributed by atoms with van der Waals surface area (Å²) in [6, 6.07) is 10.7. The van der Waals surface area contributed by atoms with Gasteiger partial charge >= 0.3 is 0 Å². The van der Waals surface area contributed by atoms with Gasteiger partial charge in [-0.25, -0.2) is 4.99 Å². The first-order valence-electron chi connectivity index (χ1n) is 6.86. The van der Waals surface area contributed by atoms with Gasteiger partial charge in [0.05, 0.1) is 6.54 Å². The third-order valence-electron chi connectivity index (χ3n) is 2.92. The van der Waals surface area contributed by atoms with Crippen LogP contribution >= 0.6 is 11.3 Å². The maximum Gasteiger partial charge on any atom is 0.191 e. The third kappa shape index (κ3) is 4.70. The summed E-state index contributed by atoms with van der Waals surface area (Å²) in [6.07, 6.45) is 0. The van der Waals surface area contributed by atoms with Crippen molar-refractivity contribution in [3.63, 3.8) is 0 Å². The Balaban J connectivity index is 1.91. The molecular weight excluding hydrogens is 266 g/mol. The van der Waals surface area contributed by atoms with E-state index in [0.29, 0.717) is 6.54 Å². The van der Waals surface area contributed by atoms with Crippen LogP contribution in [0.2, 0.25) is 0 Å². The highest BCUT2D eigenvalue weighted by atomic mass is 32.1. The Morgan fingerprint density at radius 1 is 1.10 bits per heavy atom. The van der Waals surface area contributed by atoms with E-state index in [1.807, 2.05) is 0 Å². The van der Waals surface area contributed by atoms with E-state index < -0.39 is 0 Å². The minimum atomic E-state index is 0.715. The summed E-state index contributed by atoms with van der Waals surface area (Å²) in [7, 11) is 0. The molecule has 0 amide bonds. The van der Waals surface area contributed by atoms with E-state index in [9.17, 15) is 0 Å². The molecule has 0 fully saturated rings. The van der Waals surface area contributed by atoms with Crippen LogP contribution < -0.4 is 10.6 Å². The van der Waals surface area contributed by atoms with Crippen molar-refractivity contribution >= 4 is 17.3 Å². The van der Waals surface area contributed by atoms with Gasteiger partial charge in [-0.3, -0.25) is 0 Å². The molecule has 2 rings (SSSR count). The van der Waals surface area contributed by atoms with Crippen molar-refractivity contribution in [1.82, 2.24) is 10.6 Å². The average Bonchev–Trinajstić information content (AvgIpc) is 2.97. The fourth-order valence-corrected chi connectivity index (χ4v) is 2.45. The van der Waals surface area contributed by atoms with Gasteiger partial charge in [0.1, 0.15) is 0 Å². The lowest BCUT2D eigenvalue weighted by Gasteiger charge is -2.11. The number of nitrogens with zero attached hydrogens (tertiary/aromatic N) is 1. The van der Waals surface area contributed by atoms with Crippen LogP contribution in [0.3, 0.4) is 0 Å². The second-order valence-electron chi connectivity index (χ2n) is 4.67. The zero-order chi connectivity index (χ0) is 14.2. The first kappa shape index (κ1) is 14.6. The molecule has 0 unspecified atom stereocenters. The smallest absolute Gasteiger partial charge is 0.191 e. The Hall–Kier alpha value is -1.81. The van der Waals surface area contributed by atoms with Crippen LogP contribution in [0.1, 0.15) is 23.6 Å². The number of thiophene rings is 1. The van der Waals surface area contributed by atoms with E-state index >= 15 is 0 Å². The molecule has 0 saturated heterocycles. The number of benzene rings is 1. The van der Waals surface area contributed by atoms with Crippen molar-refractivity contribution in [2.24, 2.45) is 4.99 Å². The number of guanidine groups is 1. The number of aryl methyl sites for hydroxylation is 1. The van der Waals surface area contributed by atoms with Crippen LogP contribution in [0.15, 0.2) is 46.1 Å². The summed E-state index contributed by atoms with van der Waals surface area (Å²) in [4.78, 5) is 4.59. The van der Waals surface area contributed by atoms with Gasteiger partial charge in [0.15, 0.2) is 5.96 Å². The van der Waals surface area contributed by atoms with Crippen molar-refractivity contribution in [3.05, 3.63) is 57.8 Å². The largest absolute Gasteiger partial charge is 0.357 e. The Bertz CT molecular complexity index is 529. The monoisotopic (exact) mass is 287 g/mol. The molecule has 2 aromatic rings. The first-order valence-corrected chi connectivity index (χ1v) is 7.81. The lowest BCUT2D eigenvalue weighted by Crippen LogP contribution is -2.36. The van der Waals surface area contributed by atoms with E-state index in [4.69, 9.17) is 0 Å². The molecule has 4 heteroatoms. The predicted molar refractivity (Wildman–Crippen MR) is 87.2 cm³/mol. The zero-order valence-corrected chi connectivity index (χ0v) is 12.8. The molecule has 3 nitrogen and oxygen atoms in total. The lowest BCUT2D eigenvalue weighted by atomic mass is 10.1. The number of hydrogen-bond acceptors (Lipinski definition) is 2. The van der Waals surface area contributed by atoms with E-state index in [-0.39, 0.29) is 0 Å². The minimum absolute atomic E-state index is 0.715. The molecule has 1 heterocycles. The molecule has 2 N–H and O–H groups in total. The quantitative estimate of drug-likeness (QED) is 0.654. The SMILES string of the molecule is CCNC(=NCc1ccsc1)NCc1ccc(C)cc1. The minimum Gasteiger partial charge on any atom is -0.357 e. The highest BCUT2D eigenvalue weighted by Crippen LogP contribution is 2.07. The highest BCUT2D eigenvalue weighted by Gasteiger charge is 1.98. The molecular formula is C16H21N3S. The third-order valence-corrected chi connectivity index (χ3v) is 3.66. The van der Waals surface area contributed by atoms with Gasteiger partial charge in [0.25, 0.3) is 0 Å². The molecule has 1 aromatic carbocycles. The molecule has 1 aromatic heterocycles. The van der Waals surface area contributed by atoms with Crippen LogP contribution in [0, 0.1) is 6.92 Å². The molecule has 0 bridgehead atoms. The molecule has 20 heavy (non-hydrogen) atoms. The van der Waals surface area contributed by atoms with Gasteiger partial charge in [-0.05, 0) is 41.8 Å². The van der Waals surface area contributed by atoms with E-state index in [1.54, 1.807) is 11.3 Å². The molecule has 0 saturated carbocycles. The second-order valence-corrected chi connectivity index (χ2v) is 5.45. The predicted octanol–water partition coefficient (Wildman–Crippen LogP) is 3.31. The van der Waals surface area contributed by atoms with E-state index in [1.165, 1.54) is 16.7 Å². The summed E-state index contributed by atoms with van der Waals surface area (Å²) in [5.74, 6) is 0.860. The summed E-state index contributed by atoms with van der Waals surface area (Å²) >= 11 is 1.71. The molecule has 0 aliphatic rings. The molecule has 106 valence electrons.